The standard InChI is InChI=1S/C11H11ClN6OS/c1-13-9-5-3-6(12)8(4-7(5)14-10(9)19)20-11-15-16-17-18(11)2/h3-4,9,13H,1-2H3,(H,14,19). The molecule has 0 spiro atoms. The molecule has 1 aliphatic heterocycles. The van der Waals surface area contributed by atoms with Gasteiger partial charge in [-0.3, -0.25) is 4.79 Å². The molecule has 1 amide bonds. The van der Waals surface area contributed by atoms with Gasteiger partial charge in [0.15, 0.2) is 0 Å². The molecular weight excluding hydrogens is 300 g/mol. The van der Waals surface area contributed by atoms with Crippen LogP contribution >= 0.6 is 23.4 Å². The Bertz CT molecular complexity index is 688. The summed E-state index contributed by atoms with van der Waals surface area (Å²) in [7, 11) is 3.49. The molecule has 104 valence electrons. The maximum atomic E-state index is 11.8. The lowest BCUT2D eigenvalue weighted by molar-refractivity contribution is -0.117. The fraction of sp³-hybridized carbons (Fsp3) is 0.273. The van der Waals surface area contributed by atoms with Gasteiger partial charge < -0.3 is 10.6 Å². The van der Waals surface area contributed by atoms with E-state index in [1.807, 2.05) is 6.07 Å². The zero-order valence-electron chi connectivity index (χ0n) is 10.7. The lowest BCUT2D eigenvalue weighted by Gasteiger charge is -2.09. The number of hydrogen-bond donors (Lipinski definition) is 2. The first kappa shape index (κ1) is 13.3. The lowest BCUT2D eigenvalue weighted by Crippen LogP contribution is -2.23. The molecule has 0 saturated heterocycles. The summed E-state index contributed by atoms with van der Waals surface area (Å²) < 4.78 is 1.56. The number of nitrogens with one attached hydrogen (secondary N) is 2. The number of likely N-dealkylation sites (N-methyl/N-ethyl adjacent to an activating group) is 1. The Morgan fingerprint density at radius 1 is 1.50 bits per heavy atom. The van der Waals surface area contributed by atoms with Crippen molar-refractivity contribution >= 4 is 35.0 Å². The number of nitrogens with zero attached hydrogens (tertiary/aromatic N) is 4. The van der Waals surface area contributed by atoms with Crippen LogP contribution in [-0.4, -0.2) is 33.2 Å². The van der Waals surface area contributed by atoms with E-state index >= 15 is 0 Å². The van der Waals surface area contributed by atoms with Crippen molar-refractivity contribution in [1.29, 1.82) is 0 Å². The minimum Gasteiger partial charge on any atom is -0.324 e. The van der Waals surface area contributed by atoms with E-state index in [2.05, 4.69) is 26.2 Å². The zero-order valence-corrected chi connectivity index (χ0v) is 12.3. The van der Waals surface area contributed by atoms with Crippen molar-refractivity contribution in [2.24, 2.45) is 7.05 Å². The summed E-state index contributed by atoms with van der Waals surface area (Å²) in [5, 5.41) is 18.2. The fourth-order valence-electron chi connectivity index (χ4n) is 2.03. The van der Waals surface area contributed by atoms with Crippen LogP contribution in [0.1, 0.15) is 11.6 Å². The van der Waals surface area contributed by atoms with Crippen molar-refractivity contribution in [3.63, 3.8) is 0 Å². The third-order valence-electron chi connectivity index (χ3n) is 3.01. The monoisotopic (exact) mass is 310 g/mol. The van der Waals surface area contributed by atoms with E-state index in [4.69, 9.17) is 11.6 Å². The number of carbonyl (C=O) groups excluding carboxylic acids is 1. The maximum Gasteiger partial charge on any atom is 0.246 e. The molecule has 1 aliphatic rings. The third-order valence-corrected chi connectivity index (χ3v) is 4.52. The van der Waals surface area contributed by atoms with Crippen LogP contribution in [-0.2, 0) is 11.8 Å². The van der Waals surface area contributed by atoms with Crippen molar-refractivity contribution in [1.82, 2.24) is 25.5 Å². The minimum absolute atomic E-state index is 0.0824. The Morgan fingerprint density at radius 3 is 2.95 bits per heavy atom. The molecule has 1 atom stereocenters. The van der Waals surface area contributed by atoms with E-state index in [-0.39, 0.29) is 11.9 Å². The molecule has 2 N–H and O–H groups in total. The second-order valence-electron chi connectivity index (χ2n) is 4.27. The summed E-state index contributed by atoms with van der Waals surface area (Å²) in [6, 6.07) is 3.27. The molecule has 7 nitrogen and oxygen atoms in total. The van der Waals surface area contributed by atoms with Crippen molar-refractivity contribution in [3.05, 3.63) is 22.7 Å². The first-order valence-corrected chi connectivity index (χ1v) is 7.01. The van der Waals surface area contributed by atoms with Gasteiger partial charge in [0, 0.05) is 23.2 Å². The number of benzene rings is 1. The summed E-state index contributed by atoms with van der Waals surface area (Å²) in [5.41, 5.74) is 1.61. The highest BCUT2D eigenvalue weighted by Crippen LogP contribution is 2.40. The van der Waals surface area contributed by atoms with E-state index in [1.54, 1.807) is 24.8 Å². The summed E-state index contributed by atoms with van der Waals surface area (Å²) in [6.07, 6.45) is 0. The van der Waals surface area contributed by atoms with Gasteiger partial charge in [0.2, 0.25) is 11.1 Å². The van der Waals surface area contributed by atoms with Crippen LogP contribution in [0.4, 0.5) is 5.69 Å². The molecule has 3 rings (SSSR count). The molecule has 1 unspecified atom stereocenters. The van der Waals surface area contributed by atoms with Crippen LogP contribution < -0.4 is 10.6 Å². The highest BCUT2D eigenvalue weighted by Gasteiger charge is 2.30. The average molecular weight is 311 g/mol. The van der Waals surface area contributed by atoms with Crippen LogP contribution in [0.5, 0.6) is 0 Å². The second kappa shape index (κ2) is 5.04. The average Bonchev–Trinajstić information content (AvgIpc) is 2.93. The van der Waals surface area contributed by atoms with Crippen molar-refractivity contribution in [2.75, 3.05) is 12.4 Å². The second-order valence-corrected chi connectivity index (χ2v) is 5.68. The van der Waals surface area contributed by atoms with Gasteiger partial charge in [0.05, 0.1) is 5.02 Å². The molecule has 0 bridgehead atoms. The van der Waals surface area contributed by atoms with Crippen molar-refractivity contribution in [3.8, 4) is 0 Å². The number of aromatic nitrogens is 4. The van der Waals surface area contributed by atoms with E-state index < -0.39 is 0 Å². The highest BCUT2D eigenvalue weighted by molar-refractivity contribution is 7.99. The van der Waals surface area contributed by atoms with Crippen LogP contribution in [0.2, 0.25) is 5.02 Å². The van der Waals surface area contributed by atoms with Gasteiger partial charge >= 0.3 is 0 Å². The van der Waals surface area contributed by atoms with Crippen LogP contribution in [0.15, 0.2) is 22.2 Å². The third kappa shape index (κ3) is 2.15. The van der Waals surface area contributed by atoms with E-state index in [1.165, 1.54) is 11.8 Å². The van der Waals surface area contributed by atoms with E-state index in [0.717, 1.165) is 16.1 Å². The summed E-state index contributed by atoms with van der Waals surface area (Å²) in [4.78, 5) is 12.6. The normalized spacial score (nSPS) is 17.1. The van der Waals surface area contributed by atoms with Gasteiger partial charge in [-0.25, -0.2) is 4.68 Å². The number of rotatable bonds is 3. The number of aryl methyl sites for hydroxylation is 1. The predicted octanol–water partition coefficient (Wildman–Crippen LogP) is 1.23. The van der Waals surface area contributed by atoms with Crippen LogP contribution in [0.25, 0.3) is 0 Å². The molecule has 1 aromatic carbocycles. The number of carbonyl (C=O) groups is 1. The van der Waals surface area contributed by atoms with Gasteiger partial charge in [-0.15, -0.1) is 5.10 Å². The Morgan fingerprint density at radius 2 is 2.30 bits per heavy atom. The van der Waals surface area contributed by atoms with Crippen LogP contribution in [0, 0.1) is 0 Å². The molecule has 0 saturated carbocycles. The van der Waals surface area contributed by atoms with Gasteiger partial charge in [-0.05, 0) is 41.4 Å². The Labute approximate surface area is 124 Å². The van der Waals surface area contributed by atoms with E-state index in [9.17, 15) is 4.79 Å². The molecule has 2 aromatic rings. The first-order valence-electron chi connectivity index (χ1n) is 5.82. The maximum absolute atomic E-state index is 11.8. The SMILES string of the molecule is CNC1C(=O)Nc2cc(Sc3nnnn3C)c(Cl)cc21. The Kier molecular flexibility index (Phi) is 3.36. The highest BCUT2D eigenvalue weighted by atomic mass is 35.5. The number of hydrogen-bond acceptors (Lipinski definition) is 6. The molecule has 9 heteroatoms. The summed E-state index contributed by atoms with van der Waals surface area (Å²) in [6.45, 7) is 0. The number of fused-ring (bicyclic) bond motifs is 1. The quantitative estimate of drug-likeness (QED) is 0.887. The molecule has 2 heterocycles. The Hall–Kier alpha value is -1.64. The van der Waals surface area contributed by atoms with E-state index in [0.29, 0.717) is 10.2 Å². The predicted molar refractivity (Wildman–Crippen MR) is 74.8 cm³/mol. The van der Waals surface area contributed by atoms with Gasteiger partial charge in [0.25, 0.3) is 0 Å². The first-order chi connectivity index (χ1) is 9.60. The van der Waals surface area contributed by atoms with Crippen LogP contribution in [0.3, 0.4) is 0 Å². The summed E-state index contributed by atoms with van der Waals surface area (Å²) >= 11 is 7.63. The van der Waals surface area contributed by atoms with Gasteiger partial charge in [0.1, 0.15) is 6.04 Å². The molecule has 0 fully saturated rings. The molecule has 20 heavy (non-hydrogen) atoms. The number of amides is 1. The minimum atomic E-state index is -0.363. The number of tetrazole rings is 1. The molecule has 1 aromatic heterocycles. The number of anilines is 1. The van der Waals surface area contributed by atoms with Gasteiger partial charge in [-0.2, -0.15) is 0 Å². The Balaban J connectivity index is 1.98. The summed E-state index contributed by atoms with van der Waals surface area (Å²) in [5.74, 6) is -0.0824. The number of halogens is 1. The fourth-order valence-corrected chi connectivity index (χ4v) is 3.10. The molecule has 0 aliphatic carbocycles. The van der Waals surface area contributed by atoms with Crippen molar-refractivity contribution < 1.29 is 4.79 Å². The lowest BCUT2D eigenvalue weighted by atomic mass is 10.1. The topological polar surface area (TPSA) is 84.7 Å². The smallest absolute Gasteiger partial charge is 0.246 e. The molecular formula is C11H11ClN6OS. The largest absolute Gasteiger partial charge is 0.324 e. The zero-order chi connectivity index (χ0) is 14.3. The van der Waals surface area contributed by atoms with Crippen molar-refractivity contribution in [2.45, 2.75) is 16.1 Å². The van der Waals surface area contributed by atoms with Gasteiger partial charge in [-0.1, -0.05) is 11.6 Å². The molecule has 0 radical (unpaired) electrons.